The van der Waals surface area contributed by atoms with Crippen LogP contribution in [-0.4, -0.2) is 39.0 Å². The number of nitrogens with one attached hydrogen (secondary N) is 1. The molecule has 4 amide bonds. The van der Waals surface area contributed by atoms with E-state index in [1.807, 2.05) is 5.32 Å². The van der Waals surface area contributed by atoms with Crippen molar-refractivity contribution >= 4 is 41.3 Å². The third-order valence-corrected chi connectivity index (χ3v) is 3.98. The number of aromatic carboxylic acids is 1. The van der Waals surface area contributed by atoms with E-state index in [-0.39, 0.29) is 16.8 Å². The number of nitro benzene ring substituents is 1. The van der Waals surface area contributed by atoms with Crippen molar-refractivity contribution in [1.29, 1.82) is 0 Å². The Balaban J connectivity index is 2.01. The van der Waals surface area contributed by atoms with Crippen molar-refractivity contribution in [3.05, 3.63) is 69.3 Å². The third kappa shape index (κ3) is 3.64. The number of barbiturate groups is 1. The minimum atomic E-state index is -1.20. The van der Waals surface area contributed by atoms with Gasteiger partial charge in [-0.05, 0) is 42.0 Å². The summed E-state index contributed by atoms with van der Waals surface area (Å²) >= 11 is 0. The molecular weight excluding hydrogens is 386 g/mol. The summed E-state index contributed by atoms with van der Waals surface area (Å²) in [6.07, 6.45) is 1.04. The molecule has 0 saturated carbocycles. The summed E-state index contributed by atoms with van der Waals surface area (Å²) in [6, 6.07) is 7.02. The highest BCUT2D eigenvalue weighted by Gasteiger charge is 2.37. The lowest BCUT2D eigenvalue weighted by Crippen LogP contribution is -2.54. The van der Waals surface area contributed by atoms with E-state index in [1.165, 1.54) is 30.3 Å². The first-order valence-corrected chi connectivity index (χ1v) is 7.91. The molecule has 0 bridgehead atoms. The molecule has 1 saturated heterocycles. The second-order valence-corrected chi connectivity index (χ2v) is 5.82. The van der Waals surface area contributed by atoms with Gasteiger partial charge in [0.1, 0.15) is 5.57 Å². The Labute approximate surface area is 161 Å². The monoisotopic (exact) mass is 397 g/mol. The summed E-state index contributed by atoms with van der Waals surface area (Å²) in [5, 5.41) is 31.3. The van der Waals surface area contributed by atoms with Crippen LogP contribution in [0.25, 0.3) is 6.08 Å². The Morgan fingerprint density at radius 2 is 1.76 bits per heavy atom. The number of amides is 4. The van der Waals surface area contributed by atoms with Crippen molar-refractivity contribution in [1.82, 2.24) is 5.32 Å². The molecule has 146 valence electrons. The number of nitrogens with zero attached hydrogens (tertiary/aromatic N) is 2. The summed E-state index contributed by atoms with van der Waals surface area (Å²) < 4.78 is 0. The number of nitro groups is 1. The number of imide groups is 2. The van der Waals surface area contributed by atoms with Crippen LogP contribution < -0.4 is 10.2 Å². The molecule has 0 atom stereocenters. The molecule has 0 spiro atoms. The topological polar surface area (TPSA) is 167 Å². The molecule has 0 aliphatic carbocycles. The first kappa shape index (κ1) is 19.2. The fourth-order valence-electron chi connectivity index (χ4n) is 2.59. The summed E-state index contributed by atoms with van der Waals surface area (Å²) in [5.74, 6) is -3.80. The number of anilines is 1. The number of carboxylic acids is 1. The normalized spacial score (nSPS) is 15.4. The van der Waals surface area contributed by atoms with Gasteiger partial charge in [0.05, 0.1) is 16.2 Å². The average Bonchev–Trinajstić information content (AvgIpc) is 2.66. The van der Waals surface area contributed by atoms with E-state index in [2.05, 4.69) is 0 Å². The van der Waals surface area contributed by atoms with Gasteiger partial charge in [-0.3, -0.25) is 25.0 Å². The van der Waals surface area contributed by atoms with Crippen LogP contribution in [0.5, 0.6) is 5.75 Å². The van der Waals surface area contributed by atoms with Crippen LogP contribution in [-0.2, 0) is 9.59 Å². The molecule has 2 aromatic rings. The highest BCUT2D eigenvalue weighted by Crippen LogP contribution is 2.28. The van der Waals surface area contributed by atoms with Crippen LogP contribution in [0.4, 0.5) is 16.2 Å². The fourth-order valence-corrected chi connectivity index (χ4v) is 2.59. The molecule has 1 heterocycles. The largest absolute Gasteiger partial charge is 0.502 e. The molecule has 1 aliphatic heterocycles. The van der Waals surface area contributed by atoms with E-state index >= 15 is 0 Å². The van der Waals surface area contributed by atoms with Crippen LogP contribution in [0.2, 0.25) is 0 Å². The number of urea groups is 1. The summed E-state index contributed by atoms with van der Waals surface area (Å²) in [5.41, 5.74) is -1.08. The molecule has 2 aromatic carbocycles. The Morgan fingerprint density at radius 3 is 2.34 bits per heavy atom. The van der Waals surface area contributed by atoms with Crippen molar-refractivity contribution < 1.29 is 34.3 Å². The predicted molar refractivity (Wildman–Crippen MR) is 97.2 cm³/mol. The van der Waals surface area contributed by atoms with Crippen molar-refractivity contribution in [3.63, 3.8) is 0 Å². The van der Waals surface area contributed by atoms with E-state index in [0.29, 0.717) is 4.90 Å². The second-order valence-electron chi connectivity index (χ2n) is 5.82. The van der Waals surface area contributed by atoms with E-state index in [9.17, 15) is 34.4 Å². The smallest absolute Gasteiger partial charge is 0.335 e. The maximum atomic E-state index is 12.7. The first-order chi connectivity index (χ1) is 13.7. The number of hydrogen-bond acceptors (Lipinski definition) is 7. The van der Waals surface area contributed by atoms with Crippen molar-refractivity contribution in [3.8, 4) is 5.75 Å². The molecule has 1 fully saturated rings. The molecule has 11 nitrogen and oxygen atoms in total. The summed E-state index contributed by atoms with van der Waals surface area (Å²) in [7, 11) is 0. The molecule has 0 unspecified atom stereocenters. The number of carbonyl (C=O) groups is 4. The molecule has 0 radical (unpaired) electrons. The lowest BCUT2D eigenvalue weighted by atomic mass is 10.1. The van der Waals surface area contributed by atoms with Gasteiger partial charge in [0.25, 0.3) is 11.8 Å². The number of carboxylic acid groups (broad SMARTS) is 1. The van der Waals surface area contributed by atoms with Gasteiger partial charge in [0, 0.05) is 6.07 Å². The van der Waals surface area contributed by atoms with Crippen LogP contribution in [0.1, 0.15) is 15.9 Å². The lowest BCUT2D eigenvalue weighted by molar-refractivity contribution is -0.385. The average molecular weight is 397 g/mol. The first-order valence-electron chi connectivity index (χ1n) is 7.91. The number of rotatable bonds is 4. The molecule has 11 heteroatoms. The SMILES string of the molecule is O=C1NC(=O)N(c2ccc(C(=O)O)cc2)C(=O)/C1=C/c1ccc(O)c([N+](=O)[O-])c1. The van der Waals surface area contributed by atoms with E-state index in [1.54, 1.807) is 0 Å². The van der Waals surface area contributed by atoms with Gasteiger partial charge < -0.3 is 10.2 Å². The minimum absolute atomic E-state index is 0.0209. The van der Waals surface area contributed by atoms with Crippen LogP contribution in [0.15, 0.2) is 48.0 Å². The molecule has 3 N–H and O–H groups in total. The number of phenols is 1. The van der Waals surface area contributed by atoms with Gasteiger partial charge >= 0.3 is 17.7 Å². The lowest BCUT2D eigenvalue weighted by Gasteiger charge is -2.26. The van der Waals surface area contributed by atoms with Crippen molar-refractivity contribution in [2.45, 2.75) is 0 Å². The van der Waals surface area contributed by atoms with Crippen LogP contribution in [0, 0.1) is 10.1 Å². The Bertz CT molecular complexity index is 1100. The molecule has 0 aromatic heterocycles. The van der Waals surface area contributed by atoms with Gasteiger partial charge in [-0.15, -0.1) is 0 Å². The fraction of sp³-hybridized carbons (Fsp3) is 0. The Hall–Kier alpha value is -4.54. The highest BCUT2D eigenvalue weighted by atomic mass is 16.6. The number of phenolic OH excluding ortho intramolecular Hbond substituents is 1. The quantitative estimate of drug-likeness (QED) is 0.303. The van der Waals surface area contributed by atoms with E-state index < -0.39 is 45.7 Å². The number of benzene rings is 2. The van der Waals surface area contributed by atoms with Crippen LogP contribution >= 0.6 is 0 Å². The zero-order valence-corrected chi connectivity index (χ0v) is 14.4. The van der Waals surface area contributed by atoms with Crippen molar-refractivity contribution in [2.24, 2.45) is 0 Å². The van der Waals surface area contributed by atoms with Gasteiger partial charge in [-0.1, -0.05) is 6.07 Å². The van der Waals surface area contributed by atoms with Gasteiger partial charge in [-0.2, -0.15) is 0 Å². The zero-order valence-electron chi connectivity index (χ0n) is 14.4. The number of aromatic hydroxyl groups is 1. The molecule has 1 aliphatic rings. The van der Waals surface area contributed by atoms with Gasteiger partial charge in [0.2, 0.25) is 0 Å². The molecular formula is C18H11N3O8. The minimum Gasteiger partial charge on any atom is -0.502 e. The zero-order chi connectivity index (χ0) is 21.3. The standard InChI is InChI=1S/C18H11N3O8/c22-14-6-1-9(8-13(14)21(28)29)7-12-15(23)19-18(27)20(16(12)24)11-4-2-10(3-5-11)17(25)26/h1-8,22H,(H,25,26)(H,19,23,27)/b12-7+. The van der Waals surface area contributed by atoms with Gasteiger partial charge in [0.15, 0.2) is 5.75 Å². The Kier molecular flexibility index (Phi) is 4.79. The number of carbonyl (C=O) groups excluding carboxylic acids is 3. The molecule has 29 heavy (non-hydrogen) atoms. The highest BCUT2D eigenvalue weighted by molar-refractivity contribution is 6.39. The third-order valence-electron chi connectivity index (χ3n) is 3.98. The Morgan fingerprint density at radius 1 is 1.10 bits per heavy atom. The second kappa shape index (κ2) is 7.23. The number of hydrogen-bond donors (Lipinski definition) is 3. The predicted octanol–water partition coefficient (Wildman–Crippen LogP) is 1.67. The molecule has 3 rings (SSSR count). The van der Waals surface area contributed by atoms with Crippen molar-refractivity contribution in [2.75, 3.05) is 4.90 Å². The van der Waals surface area contributed by atoms with E-state index in [4.69, 9.17) is 5.11 Å². The van der Waals surface area contributed by atoms with Crippen LogP contribution in [0.3, 0.4) is 0 Å². The maximum Gasteiger partial charge on any atom is 0.335 e. The maximum absolute atomic E-state index is 12.7. The summed E-state index contributed by atoms with van der Waals surface area (Å²) in [6.45, 7) is 0. The summed E-state index contributed by atoms with van der Waals surface area (Å²) in [4.78, 5) is 58.6. The van der Waals surface area contributed by atoms with Gasteiger partial charge in [-0.25, -0.2) is 14.5 Å². The van der Waals surface area contributed by atoms with E-state index in [0.717, 1.165) is 18.2 Å².